The quantitative estimate of drug-likeness (QED) is 0.677. The van der Waals surface area contributed by atoms with Crippen LogP contribution in [0.1, 0.15) is 58.9 Å². The normalized spacial score (nSPS) is 23.6. The van der Waals surface area contributed by atoms with Crippen LogP contribution >= 0.6 is 0 Å². The number of nitrogens with one attached hydrogen (secondary N) is 1. The van der Waals surface area contributed by atoms with Crippen LogP contribution in [0.2, 0.25) is 0 Å². The molecule has 1 aromatic rings. The highest BCUT2D eigenvalue weighted by atomic mass is 16.5. The molecular weight excluding hydrogens is 258 g/mol. The highest BCUT2D eigenvalue weighted by molar-refractivity contribution is 5.46. The zero-order chi connectivity index (χ0) is 15.3. The van der Waals surface area contributed by atoms with E-state index in [0.717, 1.165) is 13.0 Å². The molecule has 2 nitrogen and oxygen atoms in total. The molecule has 1 aliphatic carbocycles. The topological polar surface area (TPSA) is 21.3 Å². The summed E-state index contributed by atoms with van der Waals surface area (Å²) in [4.78, 5) is 0. The lowest BCUT2D eigenvalue weighted by molar-refractivity contribution is -0.0975. The van der Waals surface area contributed by atoms with E-state index in [1.165, 1.54) is 36.9 Å². The Kier molecular flexibility index (Phi) is 5.69. The van der Waals surface area contributed by atoms with Gasteiger partial charge in [0.2, 0.25) is 0 Å². The van der Waals surface area contributed by atoms with E-state index in [4.69, 9.17) is 4.74 Å². The maximum atomic E-state index is 5.80. The van der Waals surface area contributed by atoms with Gasteiger partial charge in [0.15, 0.2) is 0 Å². The van der Waals surface area contributed by atoms with Gasteiger partial charge in [-0.2, -0.15) is 0 Å². The van der Waals surface area contributed by atoms with Crippen molar-refractivity contribution in [2.75, 3.05) is 11.9 Å². The van der Waals surface area contributed by atoms with Crippen LogP contribution < -0.4 is 5.32 Å². The van der Waals surface area contributed by atoms with E-state index >= 15 is 0 Å². The number of anilines is 1. The van der Waals surface area contributed by atoms with Crippen LogP contribution in [0, 0.1) is 5.41 Å². The van der Waals surface area contributed by atoms with Gasteiger partial charge in [-0.3, -0.25) is 0 Å². The van der Waals surface area contributed by atoms with E-state index in [9.17, 15) is 0 Å². The molecule has 0 saturated heterocycles. The Labute approximate surface area is 130 Å². The van der Waals surface area contributed by atoms with Gasteiger partial charge in [0, 0.05) is 23.8 Å². The van der Waals surface area contributed by atoms with Crippen molar-refractivity contribution < 1.29 is 4.74 Å². The Hall–Kier alpha value is -1.02. The fourth-order valence-electron chi connectivity index (χ4n) is 3.16. The number of rotatable bonds is 8. The molecule has 0 spiro atoms. The molecule has 0 aliphatic heterocycles. The van der Waals surface area contributed by atoms with Gasteiger partial charge in [-0.25, -0.2) is 0 Å². The maximum absolute atomic E-state index is 5.80. The molecule has 0 bridgehead atoms. The zero-order valence-corrected chi connectivity index (χ0v) is 14.1. The van der Waals surface area contributed by atoms with Gasteiger partial charge in [0.25, 0.3) is 0 Å². The molecule has 1 aliphatic rings. The zero-order valence-electron chi connectivity index (χ0n) is 14.1. The minimum Gasteiger partial charge on any atom is -0.382 e. The molecule has 2 rings (SSSR count). The number of benzene rings is 1. The molecule has 2 atom stereocenters. The van der Waals surface area contributed by atoms with Crippen molar-refractivity contribution in [1.29, 1.82) is 0 Å². The van der Waals surface area contributed by atoms with Crippen molar-refractivity contribution >= 4 is 5.69 Å². The molecular formula is C19H31NO. The van der Waals surface area contributed by atoms with Gasteiger partial charge in [0.05, 0.1) is 6.10 Å². The molecule has 21 heavy (non-hydrogen) atoms. The summed E-state index contributed by atoms with van der Waals surface area (Å²) in [6.45, 7) is 9.74. The Balaban J connectivity index is 1.84. The Morgan fingerprint density at radius 1 is 1.14 bits per heavy atom. The van der Waals surface area contributed by atoms with Crippen molar-refractivity contribution in [3.05, 3.63) is 29.8 Å². The van der Waals surface area contributed by atoms with Crippen LogP contribution in [0.5, 0.6) is 0 Å². The van der Waals surface area contributed by atoms with Crippen molar-refractivity contribution in [2.45, 2.75) is 71.9 Å². The minimum absolute atomic E-state index is 0.218. The Bertz CT molecular complexity index is 424. The summed E-state index contributed by atoms with van der Waals surface area (Å²) in [7, 11) is 0. The van der Waals surface area contributed by atoms with E-state index in [0.29, 0.717) is 12.1 Å². The Morgan fingerprint density at radius 2 is 1.86 bits per heavy atom. The smallest absolute Gasteiger partial charge is 0.0665 e. The van der Waals surface area contributed by atoms with E-state index in [1.54, 1.807) is 0 Å². The van der Waals surface area contributed by atoms with Crippen LogP contribution in [0.25, 0.3) is 0 Å². The average Bonchev–Trinajstić information content (AvgIpc) is 2.48. The summed E-state index contributed by atoms with van der Waals surface area (Å²) < 4.78 is 5.80. The summed E-state index contributed by atoms with van der Waals surface area (Å²) in [5.41, 5.74) is 2.91. The van der Waals surface area contributed by atoms with Crippen LogP contribution in [0.3, 0.4) is 0 Å². The first-order chi connectivity index (χ1) is 10.1. The second kappa shape index (κ2) is 7.31. The van der Waals surface area contributed by atoms with Gasteiger partial charge in [-0.05, 0) is 43.9 Å². The number of ether oxygens (including phenoxy) is 1. The SMILES string of the molecule is CCCCCc1ccc(NC2CC(OCC)C2(C)C)cc1. The third-order valence-corrected chi connectivity index (χ3v) is 4.91. The van der Waals surface area contributed by atoms with Gasteiger partial charge < -0.3 is 10.1 Å². The summed E-state index contributed by atoms with van der Waals surface area (Å²) in [5, 5.41) is 3.67. The molecule has 1 aromatic carbocycles. The van der Waals surface area contributed by atoms with Crippen molar-refractivity contribution in [3.63, 3.8) is 0 Å². The predicted octanol–water partition coefficient (Wildman–Crippen LogP) is 5.03. The third-order valence-electron chi connectivity index (χ3n) is 4.91. The van der Waals surface area contributed by atoms with E-state index < -0.39 is 0 Å². The highest BCUT2D eigenvalue weighted by Gasteiger charge is 2.48. The van der Waals surface area contributed by atoms with Crippen LogP contribution in [0.15, 0.2) is 24.3 Å². The lowest BCUT2D eigenvalue weighted by atomic mass is 9.64. The van der Waals surface area contributed by atoms with Gasteiger partial charge >= 0.3 is 0 Å². The molecule has 1 N–H and O–H groups in total. The minimum atomic E-state index is 0.218. The second-order valence-electron chi connectivity index (χ2n) is 6.85. The number of aryl methyl sites for hydroxylation is 1. The fourth-order valence-corrected chi connectivity index (χ4v) is 3.16. The Morgan fingerprint density at radius 3 is 2.43 bits per heavy atom. The van der Waals surface area contributed by atoms with E-state index in [2.05, 4.69) is 57.3 Å². The maximum Gasteiger partial charge on any atom is 0.0665 e. The second-order valence-corrected chi connectivity index (χ2v) is 6.85. The summed E-state index contributed by atoms with van der Waals surface area (Å²) >= 11 is 0. The van der Waals surface area contributed by atoms with E-state index in [-0.39, 0.29) is 5.41 Å². The molecule has 1 saturated carbocycles. The lowest BCUT2D eigenvalue weighted by Crippen LogP contribution is -2.58. The first-order valence-corrected chi connectivity index (χ1v) is 8.55. The molecule has 0 heterocycles. The number of unbranched alkanes of at least 4 members (excludes halogenated alkanes) is 2. The molecule has 2 unspecified atom stereocenters. The number of hydrogen-bond acceptors (Lipinski definition) is 2. The molecule has 2 heteroatoms. The third kappa shape index (κ3) is 4.00. The van der Waals surface area contributed by atoms with Gasteiger partial charge in [0.1, 0.15) is 0 Å². The standard InChI is InChI=1S/C19H31NO/c1-5-7-8-9-15-10-12-16(13-11-15)20-17-14-18(21-6-2)19(17,3)4/h10-13,17-18,20H,5-9,14H2,1-4H3. The lowest BCUT2D eigenvalue weighted by Gasteiger charge is -2.52. The molecule has 118 valence electrons. The molecule has 1 fully saturated rings. The van der Waals surface area contributed by atoms with Crippen molar-refractivity contribution in [3.8, 4) is 0 Å². The molecule has 0 radical (unpaired) electrons. The first kappa shape index (κ1) is 16.4. The van der Waals surface area contributed by atoms with Crippen molar-refractivity contribution in [2.24, 2.45) is 5.41 Å². The molecule has 0 aromatic heterocycles. The monoisotopic (exact) mass is 289 g/mol. The average molecular weight is 289 g/mol. The first-order valence-electron chi connectivity index (χ1n) is 8.55. The van der Waals surface area contributed by atoms with E-state index in [1.807, 2.05) is 0 Å². The summed E-state index contributed by atoms with van der Waals surface area (Å²) in [6, 6.07) is 9.50. The van der Waals surface area contributed by atoms with Gasteiger partial charge in [-0.1, -0.05) is 45.7 Å². The summed E-state index contributed by atoms with van der Waals surface area (Å²) in [5.74, 6) is 0. The van der Waals surface area contributed by atoms with Crippen LogP contribution in [-0.4, -0.2) is 18.8 Å². The van der Waals surface area contributed by atoms with Crippen LogP contribution in [-0.2, 0) is 11.2 Å². The largest absolute Gasteiger partial charge is 0.382 e. The fraction of sp³-hybridized carbons (Fsp3) is 0.684. The van der Waals surface area contributed by atoms with Gasteiger partial charge in [-0.15, -0.1) is 0 Å². The predicted molar refractivity (Wildman–Crippen MR) is 90.9 cm³/mol. The summed E-state index contributed by atoms with van der Waals surface area (Å²) in [6.07, 6.45) is 6.63. The van der Waals surface area contributed by atoms with Crippen molar-refractivity contribution in [1.82, 2.24) is 0 Å². The molecule has 0 amide bonds. The number of hydrogen-bond donors (Lipinski definition) is 1. The highest BCUT2D eigenvalue weighted by Crippen LogP contribution is 2.44. The van der Waals surface area contributed by atoms with Crippen LogP contribution in [0.4, 0.5) is 5.69 Å².